The van der Waals surface area contributed by atoms with Gasteiger partial charge in [-0.1, -0.05) is 11.6 Å². The highest BCUT2D eigenvalue weighted by molar-refractivity contribution is 6.32. The third-order valence-electron chi connectivity index (χ3n) is 1.63. The molecule has 76 valence electrons. The number of anilines is 1. The number of nitrogen functional groups attached to an aromatic ring is 1. The molecule has 1 aromatic rings. The van der Waals surface area contributed by atoms with E-state index in [-0.39, 0.29) is 16.3 Å². The van der Waals surface area contributed by atoms with E-state index in [1.165, 1.54) is 12.1 Å². The lowest BCUT2D eigenvalue weighted by atomic mass is 10.2. The molecule has 5 heteroatoms. The van der Waals surface area contributed by atoms with Crippen molar-refractivity contribution in [2.24, 2.45) is 0 Å². The maximum atomic E-state index is 10.7. The van der Waals surface area contributed by atoms with Crippen LogP contribution in [-0.4, -0.2) is 17.7 Å². The van der Waals surface area contributed by atoms with Gasteiger partial charge in [0.05, 0.1) is 17.2 Å². The summed E-state index contributed by atoms with van der Waals surface area (Å²) in [6.45, 7) is 2.25. The maximum absolute atomic E-state index is 10.7. The number of carboxylic acids is 1. The molecule has 0 bridgehead atoms. The van der Waals surface area contributed by atoms with Gasteiger partial charge in [-0.25, -0.2) is 4.79 Å². The first-order valence-electron chi connectivity index (χ1n) is 4.01. The summed E-state index contributed by atoms with van der Waals surface area (Å²) in [5.74, 6) is -0.705. The molecule has 4 nitrogen and oxygen atoms in total. The van der Waals surface area contributed by atoms with Gasteiger partial charge in [0.1, 0.15) is 5.75 Å². The van der Waals surface area contributed by atoms with Crippen molar-refractivity contribution in [2.75, 3.05) is 12.3 Å². The largest absolute Gasteiger partial charge is 0.492 e. The molecule has 0 amide bonds. The Morgan fingerprint density at radius 3 is 2.79 bits per heavy atom. The van der Waals surface area contributed by atoms with Crippen LogP contribution in [0.25, 0.3) is 0 Å². The number of rotatable bonds is 3. The maximum Gasteiger partial charge on any atom is 0.337 e. The molecule has 0 atom stereocenters. The lowest BCUT2D eigenvalue weighted by Gasteiger charge is -2.08. The van der Waals surface area contributed by atoms with Gasteiger partial charge in [-0.05, 0) is 13.0 Å². The summed E-state index contributed by atoms with van der Waals surface area (Å²) < 4.78 is 5.15. The highest BCUT2D eigenvalue weighted by Crippen LogP contribution is 2.29. The summed E-state index contributed by atoms with van der Waals surface area (Å²) in [6.07, 6.45) is 0. The van der Waals surface area contributed by atoms with Crippen molar-refractivity contribution in [3.63, 3.8) is 0 Å². The molecule has 0 saturated heterocycles. The molecule has 0 aliphatic carbocycles. The molecule has 1 rings (SSSR count). The minimum Gasteiger partial charge on any atom is -0.492 e. The number of benzene rings is 1. The third kappa shape index (κ3) is 2.09. The Kier molecular flexibility index (Phi) is 3.19. The summed E-state index contributed by atoms with van der Waals surface area (Å²) in [6, 6.07) is 2.69. The van der Waals surface area contributed by atoms with Gasteiger partial charge in [0, 0.05) is 11.8 Å². The second-order valence-electron chi connectivity index (χ2n) is 2.61. The van der Waals surface area contributed by atoms with Crippen LogP contribution in [-0.2, 0) is 0 Å². The van der Waals surface area contributed by atoms with Gasteiger partial charge in [0.2, 0.25) is 0 Å². The predicted molar refractivity (Wildman–Crippen MR) is 54.0 cm³/mol. The van der Waals surface area contributed by atoms with Crippen molar-refractivity contribution in [1.29, 1.82) is 0 Å². The van der Waals surface area contributed by atoms with E-state index in [1.54, 1.807) is 6.92 Å². The second-order valence-corrected chi connectivity index (χ2v) is 3.02. The van der Waals surface area contributed by atoms with E-state index in [4.69, 9.17) is 27.2 Å². The van der Waals surface area contributed by atoms with Crippen LogP contribution in [0.3, 0.4) is 0 Å². The average molecular weight is 216 g/mol. The zero-order valence-electron chi connectivity index (χ0n) is 7.58. The molecule has 14 heavy (non-hydrogen) atoms. The van der Waals surface area contributed by atoms with Crippen molar-refractivity contribution < 1.29 is 14.6 Å². The number of hydrogen-bond donors (Lipinski definition) is 2. The minimum absolute atomic E-state index is 0.0153. The average Bonchev–Trinajstić information content (AvgIpc) is 2.10. The minimum atomic E-state index is -1.10. The second kappa shape index (κ2) is 4.19. The fourth-order valence-corrected chi connectivity index (χ4v) is 1.24. The zero-order valence-corrected chi connectivity index (χ0v) is 8.34. The van der Waals surface area contributed by atoms with E-state index in [1.807, 2.05) is 0 Å². The fourth-order valence-electron chi connectivity index (χ4n) is 1.02. The SMILES string of the molecule is CCOc1cc(N)c(C(=O)O)cc1Cl. The molecule has 1 aromatic carbocycles. The number of hydrogen-bond acceptors (Lipinski definition) is 3. The van der Waals surface area contributed by atoms with Crippen LogP contribution >= 0.6 is 11.6 Å². The van der Waals surface area contributed by atoms with E-state index in [2.05, 4.69) is 0 Å². The van der Waals surface area contributed by atoms with Crippen molar-refractivity contribution in [1.82, 2.24) is 0 Å². The molecule has 0 saturated carbocycles. The molecule has 3 N–H and O–H groups in total. The van der Waals surface area contributed by atoms with Gasteiger partial charge in [0.25, 0.3) is 0 Å². The predicted octanol–water partition coefficient (Wildman–Crippen LogP) is 2.02. The Morgan fingerprint density at radius 2 is 2.29 bits per heavy atom. The van der Waals surface area contributed by atoms with Crippen LogP contribution in [0.15, 0.2) is 12.1 Å². The monoisotopic (exact) mass is 215 g/mol. The van der Waals surface area contributed by atoms with Crippen LogP contribution in [0.5, 0.6) is 5.75 Å². The number of aromatic carboxylic acids is 1. The number of halogens is 1. The molecule has 0 unspecified atom stereocenters. The molecule has 0 radical (unpaired) electrons. The molecule has 0 spiro atoms. The molecule has 0 aromatic heterocycles. The first-order valence-corrected chi connectivity index (χ1v) is 4.39. The summed E-state index contributed by atoms with van der Waals surface area (Å²) in [5, 5.41) is 8.98. The smallest absolute Gasteiger partial charge is 0.337 e. The molecular formula is C9H10ClNO3. The van der Waals surface area contributed by atoms with Gasteiger partial charge in [0.15, 0.2) is 0 Å². The van der Waals surface area contributed by atoms with Gasteiger partial charge >= 0.3 is 5.97 Å². The Balaban J connectivity index is 3.17. The number of carboxylic acid groups (broad SMARTS) is 1. The molecule has 0 fully saturated rings. The van der Waals surface area contributed by atoms with E-state index >= 15 is 0 Å². The Labute approximate surface area is 86.2 Å². The molecule has 0 aliphatic rings. The van der Waals surface area contributed by atoms with Crippen LogP contribution in [0.4, 0.5) is 5.69 Å². The Hall–Kier alpha value is -1.42. The van der Waals surface area contributed by atoms with Gasteiger partial charge in [-0.3, -0.25) is 0 Å². The van der Waals surface area contributed by atoms with E-state index in [0.29, 0.717) is 12.4 Å². The normalized spacial score (nSPS) is 9.86. The molecule has 0 aliphatic heterocycles. The third-order valence-corrected chi connectivity index (χ3v) is 1.93. The molecule has 0 heterocycles. The van der Waals surface area contributed by atoms with Crippen molar-refractivity contribution in [2.45, 2.75) is 6.92 Å². The highest BCUT2D eigenvalue weighted by atomic mass is 35.5. The summed E-state index contributed by atoms with van der Waals surface area (Å²) >= 11 is 5.78. The van der Waals surface area contributed by atoms with Crippen LogP contribution < -0.4 is 10.5 Å². The number of nitrogens with two attached hydrogens (primary N) is 1. The fraction of sp³-hybridized carbons (Fsp3) is 0.222. The van der Waals surface area contributed by atoms with E-state index in [0.717, 1.165) is 0 Å². The summed E-state index contributed by atoms with van der Waals surface area (Å²) in [4.78, 5) is 10.7. The van der Waals surface area contributed by atoms with Crippen LogP contribution in [0, 0.1) is 0 Å². The quantitative estimate of drug-likeness (QED) is 0.757. The van der Waals surface area contributed by atoms with Gasteiger partial charge in [-0.2, -0.15) is 0 Å². The summed E-state index contributed by atoms with van der Waals surface area (Å²) in [7, 11) is 0. The van der Waals surface area contributed by atoms with Crippen molar-refractivity contribution in [3.05, 3.63) is 22.7 Å². The number of ether oxygens (including phenoxy) is 1. The standard InChI is InChI=1S/C9H10ClNO3/c1-2-14-8-4-7(11)5(9(12)13)3-6(8)10/h3-4H,2,11H2,1H3,(H,12,13). The van der Waals surface area contributed by atoms with Gasteiger partial charge in [-0.15, -0.1) is 0 Å². The number of carbonyl (C=O) groups is 1. The first kappa shape index (κ1) is 10.7. The summed E-state index contributed by atoms with van der Waals surface area (Å²) in [5.41, 5.74) is 5.63. The van der Waals surface area contributed by atoms with Gasteiger partial charge < -0.3 is 15.6 Å². The van der Waals surface area contributed by atoms with Crippen LogP contribution in [0.1, 0.15) is 17.3 Å². The zero-order chi connectivity index (χ0) is 10.7. The lowest BCUT2D eigenvalue weighted by Crippen LogP contribution is -2.03. The van der Waals surface area contributed by atoms with Crippen molar-refractivity contribution in [3.8, 4) is 5.75 Å². The highest BCUT2D eigenvalue weighted by Gasteiger charge is 2.12. The van der Waals surface area contributed by atoms with Crippen LogP contribution in [0.2, 0.25) is 5.02 Å². The Morgan fingerprint density at radius 1 is 1.64 bits per heavy atom. The Bertz CT molecular complexity index is 365. The van der Waals surface area contributed by atoms with E-state index in [9.17, 15) is 4.79 Å². The van der Waals surface area contributed by atoms with E-state index < -0.39 is 5.97 Å². The van der Waals surface area contributed by atoms with Crippen molar-refractivity contribution >= 4 is 23.3 Å². The molecular weight excluding hydrogens is 206 g/mol. The topological polar surface area (TPSA) is 72.5 Å². The lowest BCUT2D eigenvalue weighted by molar-refractivity contribution is 0.0698. The first-order chi connectivity index (χ1) is 6.56.